The molecule has 0 aliphatic carbocycles. The summed E-state index contributed by atoms with van der Waals surface area (Å²) in [6.07, 6.45) is 0. The molecule has 1 aromatic heterocycles. The second-order valence-corrected chi connectivity index (χ2v) is 6.50. The number of hydrogen-bond acceptors (Lipinski definition) is 5. The van der Waals surface area contributed by atoms with E-state index in [-0.39, 0.29) is 5.78 Å². The van der Waals surface area contributed by atoms with Gasteiger partial charge in [-0.1, -0.05) is 17.7 Å². The molecule has 0 amide bonds. The van der Waals surface area contributed by atoms with Crippen molar-refractivity contribution in [2.75, 3.05) is 10.6 Å². The van der Waals surface area contributed by atoms with Gasteiger partial charge in [-0.3, -0.25) is 4.79 Å². The van der Waals surface area contributed by atoms with Gasteiger partial charge in [0, 0.05) is 33.7 Å². The van der Waals surface area contributed by atoms with Gasteiger partial charge in [-0.2, -0.15) is 4.98 Å². The summed E-state index contributed by atoms with van der Waals surface area (Å²) in [6, 6.07) is 14.7. The number of Topliss-reactive ketones (excluding diaryl/α,β-unsaturated/α-hetero) is 1. The summed E-state index contributed by atoms with van der Waals surface area (Å²) in [4.78, 5) is 20.3. The molecule has 5 nitrogen and oxygen atoms in total. The van der Waals surface area contributed by atoms with Gasteiger partial charge in [0.15, 0.2) is 5.78 Å². The van der Waals surface area contributed by atoms with Crippen molar-refractivity contribution in [3.8, 4) is 0 Å². The third-order valence-electron chi connectivity index (χ3n) is 3.86. The summed E-state index contributed by atoms with van der Waals surface area (Å²) in [7, 11) is 0. The molecule has 132 valence electrons. The predicted molar refractivity (Wildman–Crippen MR) is 106 cm³/mol. The molecule has 6 heteroatoms. The number of aromatic nitrogens is 2. The summed E-state index contributed by atoms with van der Waals surface area (Å²) >= 11 is 6.08. The molecule has 0 aliphatic heterocycles. The van der Waals surface area contributed by atoms with Crippen LogP contribution in [0.2, 0.25) is 5.02 Å². The van der Waals surface area contributed by atoms with E-state index in [1.54, 1.807) is 19.1 Å². The highest BCUT2D eigenvalue weighted by Crippen LogP contribution is 2.24. The first-order chi connectivity index (χ1) is 12.4. The molecule has 3 rings (SSSR count). The second-order valence-electron chi connectivity index (χ2n) is 6.06. The Morgan fingerprint density at radius 2 is 1.69 bits per heavy atom. The Balaban J connectivity index is 1.83. The van der Waals surface area contributed by atoms with Crippen LogP contribution in [0.25, 0.3) is 0 Å². The number of anilines is 4. The van der Waals surface area contributed by atoms with Crippen molar-refractivity contribution in [3.05, 3.63) is 70.4 Å². The summed E-state index contributed by atoms with van der Waals surface area (Å²) in [5.74, 6) is 1.18. The predicted octanol–water partition coefficient (Wildman–Crippen LogP) is 5.44. The van der Waals surface area contributed by atoms with Crippen LogP contribution >= 0.6 is 11.6 Å². The lowest BCUT2D eigenvalue weighted by molar-refractivity contribution is 0.101. The fourth-order valence-corrected chi connectivity index (χ4v) is 2.64. The average molecular weight is 367 g/mol. The number of aryl methyl sites for hydroxylation is 2. The lowest BCUT2D eigenvalue weighted by atomic mass is 10.1. The molecular weight excluding hydrogens is 348 g/mol. The summed E-state index contributed by atoms with van der Waals surface area (Å²) in [5.41, 5.74) is 4.27. The van der Waals surface area contributed by atoms with Crippen molar-refractivity contribution >= 4 is 40.5 Å². The van der Waals surface area contributed by atoms with Crippen LogP contribution in [-0.4, -0.2) is 15.8 Å². The van der Waals surface area contributed by atoms with Crippen molar-refractivity contribution in [1.29, 1.82) is 0 Å². The van der Waals surface area contributed by atoms with E-state index in [1.165, 1.54) is 0 Å². The molecule has 0 saturated carbocycles. The van der Waals surface area contributed by atoms with Gasteiger partial charge in [0.1, 0.15) is 5.82 Å². The van der Waals surface area contributed by atoms with E-state index >= 15 is 0 Å². The molecule has 0 atom stereocenters. The van der Waals surface area contributed by atoms with E-state index in [0.717, 1.165) is 22.6 Å². The smallest absolute Gasteiger partial charge is 0.229 e. The van der Waals surface area contributed by atoms with E-state index in [0.29, 0.717) is 22.4 Å². The maximum atomic E-state index is 11.4. The van der Waals surface area contributed by atoms with E-state index in [1.807, 2.05) is 50.2 Å². The number of nitrogens with one attached hydrogen (secondary N) is 2. The first-order valence-electron chi connectivity index (χ1n) is 8.17. The molecule has 26 heavy (non-hydrogen) atoms. The molecule has 1 heterocycles. The van der Waals surface area contributed by atoms with E-state index < -0.39 is 0 Å². The minimum absolute atomic E-state index is 0.0340. The Kier molecular flexibility index (Phi) is 5.19. The Morgan fingerprint density at radius 1 is 0.962 bits per heavy atom. The van der Waals surface area contributed by atoms with E-state index in [9.17, 15) is 4.79 Å². The van der Waals surface area contributed by atoms with Gasteiger partial charge in [0.2, 0.25) is 5.95 Å². The SMILES string of the molecule is CC(=O)c1ccc(Nc2nc(C)cc(Nc3cc(Cl)ccc3C)n2)cc1. The first kappa shape index (κ1) is 17.9. The molecule has 2 aromatic carbocycles. The number of carbonyl (C=O) groups is 1. The zero-order chi connectivity index (χ0) is 18.7. The number of halogens is 1. The molecule has 2 N–H and O–H groups in total. The van der Waals surface area contributed by atoms with Crippen LogP contribution in [0.15, 0.2) is 48.5 Å². The van der Waals surface area contributed by atoms with Crippen LogP contribution in [0.3, 0.4) is 0 Å². The van der Waals surface area contributed by atoms with Gasteiger partial charge in [-0.15, -0.1) is 0 Å². The van der Waals surface area contributed by atoms with Crippen LogP contribution in [0.4, 0.5) is 23.1 Å². The molecule has 0 unspecified atom stereocenters. The molecule has 0 bridgehead atoms. The number of nitrogens with zero attached hydrogens (tertiary/aromatic N) is 2. The third kappa shape index (κ3) is 4.37. The van der Waals surface area contributed by atoms with Crippen LogP contribution in [0, 0.1) is 13.8 Å². The number of benzene rings is 2. The lowest BCUT2D eigenvalue weighted by Gasteiger charge is -2.12. The lowest BCUT2D eigenvalue weighted by Crippen LogP contribution is -2.03. The quantitative estimate of drug-likeness (QED) is 0.589. The largest absolute Gasteiger partial charge is 0.340 e. The Morgan fingerprint density at radius 3 is 2.38 bits per heavy atom. The van der Waals surface area contributed by atoms with Crippen LogP contribution in [0.5, 0.6) is 0 Å². The topological polar surface area (TPSA) is 66.9 Å². The number of carbonyl (C=O) groups excluding carboxylic acids is 1. The van der Waals surface area contributed by atoms with Crippen molar-refractivity contribution in [1.82, 2.24) is 9.97 Å². The fourth-order valence-electron chi connectivity index (χ4n) is 2.47. The van der Waals surface area contributed by atoms with Crippen LogP contribution in [-0.2, 0) is 0 Å². The number of hydrogen-bond donors (Lipinski definition) is 2. The second kappa shape index (κ2) is 7.54. The zero-order valence-electron chi connectivity index (χ0n) is 14.8. The standard InChI is InChI=1S/C20H19ClN4O/c1-12-4-7-16(21)11-18(12)24-19-10-13(2)22-20(25-19)23-17-8-5-15(6-9-17)14(3)26/h4-11H,1-3H3,(H2,22,23,24,25). The van der Waals surface area contributed by atoms with Crippen molar-refractivity contribution in [2.45, 2.75) is 20.8 Å². The van der Waals surface area contributed by atoms with Gasteiger partial charge in [-0.25, -0.2) is 4.98 Å². The van der Waals surface area contributed by atoms with Gasteiger partial charge in [0.05, 0.1) is 0 Å². The molecule has 0 spiro atoms. The van der Waals surface area contributed by atoms with Gasteiger partial charge in [0.25, 0.3) is 0 Å². The molecule has 0 radical (unpaired) electrons. The summed E-state index contributed by atoms with van der Waals surface area (Å²) in [6.45, 7) is 5.45. The monoisotopic (exact) mass is 366 g/mol. The average Bonchev–Trinajstić information content (AvgIpc) is 2.58. The maximum absolute atomic E-state index is 11.4. The van der Waals surface area contributed by atoms with Gasteiger partial charge >= 0.3 is 0 Å². The van der Waals surface area contributed by atoms with Crippen LogP contribution < -0.4 is 10.6 Å². The van der Waals surface area contributed by atoms with E-state index in [2.05, 4.69) is 20.6 Å². The van der Waals surface area contributed by atoms with Crippen molar-refractivity contribution in [2.24, 2.45) is 0 Å². The highest BCUT2D eigenvalue weighted by Gasteiger charge is 2.06. The van der Waals surface area contributed by atoms with Gasteiger partial charge in [-0.05, 0) is 62.7 Å². The molecular formula is C20H19ClN4O. The molecule has 3 aromatic rings. The van der Waals surface area contributed by atoms with Crippen molar-refractivity contribution < 1.29 is 4.79 Å². The van der Waals surface area contributed by atoms with Crippen molar-refractivity contribution in [3.63, 3.8) is 0 Å². The normalized spacial score (nSPS) is 10.5. The highest BCUT2D eigenvalue weighted by atomic mass is 35.5. The highest BCUT2D eigenvalue weighted by molar-refractivity contribution is 6.30. The Labute approximate surface area is 157 Å². The first-order valence-corrected chi connectivity index (χ1v) is 8.55. The Bertz CT molecular complexity index is 955. The molecule has 0 fully saturated rings. The third-order valence-corrected chi connectivity index (χ3v) is 4.10. The summed E-state index contributed by atoms with van der Waals surface area (Å²) < 4.78 is 0. The van der Waals surface area contributed by atoms with Gasteiger partial charge < -0.3 is 10.6 Å². The molecule has 0 aliphatic rings. The number of ketones is 1. The minimum atomic E-state index is 0.0340. The minimum Gasteiger partial charge on any atom is -0.340 e. The van der Waals surface area contributed by atoms with Crippen LogP contribution in [0.1, 0.15) is 28.5 Å². The summed E-state index contributed by atoms with van der Waals surface area (Å²) in [5, 5.41) is 7.11. The van der Waals surface area contributed by atoms with E-state index in [4.69, 9.17) is 11.6 Å². The maximum Gasteiger partial charge on any atom is 0.229 e. The molecule has 0 saturated heterocycles. The zero-order valence-corrected chi connectivity index (χ0v) is 15.6. The Hall–Kier alpha value is -2.92. The fraction of sp³-hybridized carbons (Fsp3) is 0.150. The number of rotatable bonds is 5.